The van der Waals surface area contributed by atoms with E-state index in [2.05, 4.69) is 31.5 Å². The lowest BCUT2D eigenvalue weighted by molar-refractivity contribution is 0.366. The van der Waals surface area contributed by atoms with Crippen LogP contribution in [0.3, 0.4) is 0 Å². The van der Waals surface area contributed by atoms with E-state index in [1.807, 2.05) is 39.3 Å². The maximum atomic E-state index is 12.2. The Balaban J connectivity index is 1.71. The van der Waals surface area contributed by atoms with Crippen molar-refractivity contribution >= 4 is 17.0 Å². The van der Waals surface area contributed by atoms with Gasteiger partial charge in [-0.05, 0) is 47.1 Å². The van der Waals surface area contributed by atoms with Crippen molar-refractivity contribution in [2.75, 3.05) is 11.9 Å². The highest BCUT2D eigenvalue weighted by Crippen LogP contribution is 2.18. The van der Waals surface area contributed by atoms with E-state index in [0.717, 1.165) is 24.4 Å². The number of nitrogens with zero attached hydrogens (tertiary/aromatic N) is 5. The minimum Gasteiger partial charge on any atom is -0.356 e. The van der Waals surface area contributed by atoms with E-state index < -0.39 is 0 Å². The van der Waals surface area contributed by atoms with Gasteiger partial charge in [0.05, 0.1) is 17.4 Å². The van der Waals surface area contributed by atoms with E-state index in [4.69, 9.17) is 0 Å². The number of H-pyrrole nitrogens is 1. The van der Waals surface area contributed by atoms with Crippen molar-refractivity contribution in [2.45, 2.75) is 53.1 Å². The van der Waals surface area contributed by atoms with Crippen LogP contribution >= 0.6 is 0 Å². The van der Waals surface area contributed by atoms with Crippen molar-refractivity contribution in [3.63, 3.8) is 0 Å². The molecular weight excluding hydrogens is 318 g/mol. The average molecular weight is 343 g/mol. The van der Waals surface area contributed by atoms with E-state index in [1.54, 1.807) is 10.9 Å². The van der Waals surface area contributed by atoms with Crippen LogP contribution in [0.25, 0.3) is 11.0 Å². The number of aromatic nitrogens is 6. The van der Waals surface area contributed by atoms with Crippen LogP contribution in [0.2, 0.25) is 0 Å². The van der Waals surface area contributed by atoms with Crippen molar-refractivity contribution in [3.8, 4) is 0 Å². The molecule has 3 heterocycles. The summed E-state index contributed by atoms with van der Waals surface area (Å²) in [4.78, 5) is 19.6. The summed E-state index contributed by atoms with van der Waals surface area (Å²) < 4.78 is 3.77. The lowest BCUT2D eigenvalue weighted by atomic mass is 10.1. The molecule has 0 saturated carbocycles. The third-order valence-electron chi connectivity index (χ3n) is 4.02. The number of fused-ring (bicyclic) bond motifs is 1. The summed E-state index contributed by atoms with van der Waals surface area (Å²) in [5.74, 6) is 0.469. The zero-order valence-electron chi connectivity index (χ0n) is 15.4. The molecule has 0 unspecified atom stereocenters. The number of aryl methyl sites for hydroxylation is 3. The third kappa shape index (κ3) is 3.57. The first-order valence-electron chi connectivity index (χ1n) is 8.49. The fourth-order valence-corrected chi connectivity index (χ4v) is 2.83. The topological polar surface area (TPSA) is 93.4 Å². The van der Waals surface area contributed by atoms with Gasteiger partial charge < -0.3 is 5.32 Å². The Hall–Kier alpha value is -2.64. The molecule has 0 spiro atoms. The lowest BCUT2D eigenvalue weighted by Gasteiger charge is -2.19. The molecule has 0 aliphatic rings. The first-order chi connectivity index (χ1) is 11.8. The highest BCUT2D eigenvalue weighted by Gasteiger charge is 2.19. The van der Waals surface area contributed by atoms with Crippen LogP contribution in [-0.2, 0) is 12.1 Å². The number of rotatable bonds is 5. The molecule has 8 nitrogen and oxygen atoms in total. The molecule has 0 aromatic carbocycles. The summed E-state index contributed by atoms with van der Waals surface area (Å²) in [7, 11) is 0. The molecular formula is C17H25N7O. The highest BCUT2D eigenvalue weighted by molar-refractivity contribution is 5.74. The quantitative estimate of drug-likeness (QED) is 0.693. The summed E-state index contributed by atoms with van der Waals surface area (Å²) in [5.41, 5.74) is 2.35. The fraction of sp³-hybridized carbons (Fsp3) is 0.529. The van der Waals surface area contributed by atoms with Gasteiger partial charge in [-0.3, -0.25) is 14.5 Å². The third-order valence-corrected chi connectivity index (χ3v) is 4.02. The van der Waals surface area contributed by atoms with Crippen LogP contribution in [-0.4, -0.2) is 36.1 Å². The van der Waals surface area contributed by atoms with Gasteiger partial charge in [0.1, 0.15) is 5.39 Å². The lowest BCUT2D eigenvalue weighted by Crippen LogP contribution is -2.24. The molecule has 0 bridgehead atoms. The van der Waals surface area contributed by atoms with Gasteiger partial charge in [-0.2, -0.15) is 15.2 Å². The molecule has 0 aliphatic carbocycles. The van der Waals surface area contributed by atoms with Gasteiger partial charge in [-0.1, -0.05) is 0 Å². The summed E-state index contributed by atoms with van der Waals surface area (Å²) in [6.45, 7) is 11.6. The minimum absolute atomic E-state index is 0.179. The second-order valence-corrected chi connectivity index (χ2v) is 7.31. The van der Waals surface area contributed by atoms with Crippen LogP contribution in [0.5, 0.6) is 0 Å². The van der Waals surface area contributed by atoms with Crippen LogP contribution in [0.4, 0.5) is 5.95 Å². The number of hydrogen-bond acceptors (Lipinski definition) is 5. The van der Waals surface area contributed by atoms with E-state index in [1.165, 1.54) is 0 Å². The Bertz CT molecular complexity index is 942. The van der Waals surface area contributed by atoms with E-state index >= 15 is 0 Å². The molecule has 0 amide bonds. The van der Waals surface area contributed by atoms with Crippen molar-refractivity contribution in [1.82, 2.24) is 29.5 Å². The monoisotopic (exact) mass is 343 g/mol. The van der Waals surface area contributed by atoms with Crippen molar-refractivity contribution in [3.05, 3.63) is 34.0 Å². The standard InChI is InChI=1S/C17H25N7O/c1-11-9-12(2)23(22-11)8-6-7-18-16-20-14-13(15(25)21-16)10-19-24(14)17(3,4)5/h9-10H,6-8H2,1-5H3,(H2,18,20,21,25). The van der Waals surface area contributed by atoms with Crippen LogP contribution in [0.1, 0.15) is 38.6 Å². The first kappa shape index (κ1) is 17.2. The maximum Gasteiger partial charge on any atom is 0.263 e. The molecule has 3 aromatic rings. The van der Waals surface area contributed by atoms with E-state index in [9.17, 15) is 4.79 Å². The average Bonchev–Trinajstić information content (AvgIpc) is 3.07. The zero-order valence-corrected chi connectivity index (χ0v) is 15.4. The molecule has 2 N–H and O–H groups in total. The second-order valence-electron chi connectivity index (χ2n) is 7.31. The highest BCUT2D eigenvalue weighted by atomic mass is 16.1. The van der Waals surface area contributed by atoms with Gasteiger partial charge in [0.2, 0.25) is 5.95 Å². The SMILES string of the molecule is Cc1cc(C)n(CCCNc2nc3c(cnn3C(C)(C)C)c(=O)[nH]2)n1. The molecule has 25 heavy (non-hydrogen) atoms. The van der Waals surface area contributed by atoms with Gasteiger partial charge in [0.15, 0.2) is 5.65 Å². The predicted molar refractivity (Wildman–Crippen MR) is 98.0 cm³/mol. The number of aromatic amines is 1. The molecule has 0 atom stereocenters. The summed E-state index contributed by atoms with van der Waals surface area (Å²) in [6.07, 6.45) is 2.45. The predicted octanol–water partition coefficient (Wildman–Crippen LogP) is 2.19. The maximum absolute atomic E-state index is 12.2. The molecule has 0 radical (unpaired) electrons. The summed E-state index contributed by atoms with van der Waals surface area (Å²) in [5, 5.41) is 12.5. The smallest absolute Gasteiger partial charge is 0.263 e. The largest absolute Gasteiger partial charge is 0.356 e. The van der Waals surface area contributed by atoms with E-state index in [0.29, 0.717) is 23.5 Å². The number of anilines is 1. The zero-order chi connectivity index (χ0) is 18.2. The Morgan fingerprint density at radius 3 is 2.68 bits per heavy atom. The minimum atomic E-state index is -0.241. The van der Waals surface area contributed by atoms with Gasteiger partial charge >= 0.3 is 0 Å². The van der Waals surface area contributed by atoms with Crippen molar-refractivity contribution in [2.24, 2.45) is 0 Å². The Labute approximate surface area is 146 Å². The Morgan fingerprint density at radius 1 is 1.28 bits per heavy atom. The van der Waals surface area contributed by atoms with Gasteiger partial charge in [-0.25, -0.2) is 4.68 Å². The van der Waals surface area contributed by atoms with Crippen LogP contribution in [0, 0.1) is 13.8 Å². The molecule has 3 aromatic heterocycles. The summed E-state index contributed by atoms with van der Waals surface area (Å²) in [6, 6.07) is 2.06. The molecule has 8 heteroatoms. The van der Waals surface area contributed by atoms with Crippen LogP contribution < -0.4 is 10.9 Å². The Kier molecular flexibility index (Phi) is 4.36. The molecule has 134 valence electrons. The second kappa shape index (κ2) is 6.34. The van der Waals surface area contributed by atoms with Crippen LogP contribution in [0.15, 0.2) is 17.1 Å². The normalized spacial score (nSPS) is 12.0. The number of hydrogen-bond donors (Lipinski definition) is 2. The molecule has 0 aliphatic heterocycles. The molecule has 0 saturated heterocycles. The van der Waals surface area contributed by atoms with Gasteiger partial charge in [0.25, 0.3) is 5.56 Å². The Morgan fingerprint density at radius 2 is 2.04 bits per heavy atom. The molecule has 0 fully saturated rings. The fourth-order valence-electron chi connectivity index (χ4n) is 2.83. The van der Waals surface area contributed by atoms with Gasteiger partial charge in [-0.15, -0.1) is 0 Å². The van der Waals surface area contributed by atoms with Crippen molar-refractivity contribution < 1.29 is 0 Å². The van der Waals surface area contributed by atoms with Crippen molar-refractivity contribution in [1.29, 1.82) is 0 Å². The molecule has 3 rings (SSSR count). The first-order valence-corrected chi connectivity index (χ1v) is 8.49. The number of nitrogens with one attached hydrogen (secondary N) is 2. The van der Waals surface area contributed by atoms with E-state index in [-0.39, 0.29) is 11.1 Å². The van der Waals surface area contributed by atoms with Gasteiger partial charge in [0, 0.05) is 18.8 Å². The summed E-state index contributed by atoms with van der Waals surface area (Å²) >= 11 is 0.